The second-order valence-electron chi connectivity index (χ2n) is 12.2. The third kappa shape index (κ3) is 4.28. The number of para-hydroxylation sites is 2. The normalized spacial score (nSPS) is 14.2. The Morgan fingerprint density at radius 2 is 1.18 bits per heavy atom. The van der Waals surface area contributed by atoms with Crippen molar-refractivity contribution in [2.75, 3.05) is 5.73 Å². The van der Waals surface area contributed by atoms with E-state index in [2.05, 4.69) is 114 Å². The summed E-state index contributed by atoms with van der Waals surface area (Å²) in [7, 11) is 0. The van der Waals surface area contributed by atoms with Gasteiger partial charge in [0, 0.05) is 32.6 Å². The minimum Gasteiger partial charge on any atom is -0.456 e. The molecule has 1 aliphatic rings. The summed E-state index contributed by atoms with van der Waals surface area (Å²) in [5.41, 5.74) is 17.0. The van der Waals surface area contributed by atoms with Gasteiger partial charge in [-0.1, -0.05) is 72.7 Å². The molecule has 0 spiro atoms. The van der Waals surface area contributed by atoms with Crippen LogP contribution in [0.4, 0.5) is 5.69 Å². The fraction of sp³-hybridized carbons (Fsp3) is 0.122. The summed E-state index contributed by atoms with van der Waals surface area (Å²) in [5, 5.41) is 5.62. The van der Waals surface area contributed by atoms with Crippen molar-refractivity contribution in [1.82, 2.24) is 4.57 Å². The van der Waals surface area contributed by atoms with Gasteiger partial charge in [0.25, 0.3) is 0 Å². The first-order valence-electron chi connectivity index (χ1n) is 15.8. The Labute approximate surface area is 260 Å². The zero-order valence-corrected chi connectivity index (χ0v) is 24.9. The van der Waals surface area contributed by atoms with Gasteiger partial charge in [-0.05, 0) is 97.5 Å². The van der Waals surface area contributed by atoms with Crippen molar-refractivity contribution in [2.24, 2.45) is 0 Å². The highest BCUT2D eigenvalue weighted by Gasteiger charge is 2.16. The molecular formula is C41H32N2O2. The number of nitrogens with zero attached hydrogens (tertiary/aromatic N) is 1. The minimum absolute atomic E-state index is 0.677. The highest BCUT2D eigenvalue weighted by atomic mass is 16.3. The smallest absolute Gasteiger partial charge is 0.151 e. The Bertz CT molecular complexity index is 2420. The van der Waals surface area contributed by atoms with Gasteiger partial charge in [-0.25, -0.2) is 0 Å². The van der Waals surface area contributed by atoms with Crippen LogP contribution in [0.5, 0.6) is 0 Å². The van der Waals surface area contributed by atoms with E-state index >= 15 is 0 Å². The maximum absolute atomic E-state index is 6.61. The molecule has 45 heavy (non-hydrogen) atoms. The number of anilines is 1. The van der Waals surface area contributed by atoms with E-state index in [9.17, 15) is 0 Å². The number of nitrogen functional groups attached to an aromatic ring is 1. The number of hydrogen-bond donors (Lipinski definition) is 1. The van der Waals surface area contributed by atoms with Crippen LogP contribution in [-0.4, -0.2) is 4.57 Å². The molecule has 9 rings (SSSR count). The molecule has 218 valence electrons. The number of allylic oxidation sites excluding steroid dienone is 3. The molecule has 1 fully saturated rings. The van der Waals surface area contributed by atoms with Crippen molar-refractivity contribution < 1.29 is 8.83 Å². The topological polar surface area (TPSA) is 57.2 Å². The van der Waals surface area contributed by atoms with E-state index in [-0.39, 0.29) is 0 Å². The van der Waals surface area contributed by atoms with E-state index in [1.807, 2.05) is 12.1 Å². The quantitative estimate of drug-likeness (QED) is 0.224. The molecular weight excluding hydrogens is 552 g/mol. The molecule has 2 N–H and O–H groups in total. The molecule has 4 heteroatoms. The molecule has 0 aliphatic heterocycles. The summed E-state index contributed by atoms with van der Waals surface area (Å²) in [6.45, 7) is 0. The molecule has 1 saturated carbocycles. The molecule has 0 unspecified atom stereocenters. The van der Waals surface area contributed by atoms with Crippen molar-refractivity contribution in [3.63, 3.8) is 0 Å². The van der Waals surface area contributed by atoms with Crippen molar-refractivity contribution in [2.45, 2.75) is 32.1 Å². The first kappa shape index (κ1) is 26.0. The standard InChI is InChI=1S/C41H32N2O2/c42-41-34-24-28(18-21-39(34)45-40(41)16-8-11-26-9-2-1-3-10-26)27-17-20-37-32(23-27)33-25-29(19-22-38(33)44-37)43-35-14-6-4-12-30(35)31-13-5-7-15-36(31)43/h4-8,11-25H,1-3,9-10,42H2/b16-8-. The van der Waals surface area contributed by atoms with Gasteiger partial charge in [0.15, 0.2) is 5.76 Å². The van der Waals surface area contributed by atoms with E-state index < -0.39 is 0 Å². The summed E-state index contributed by atoms with van der Waals surface area (Å²) in [6.07, 6.45) is 12.6. The zero-order valence-electron chi connectivity index (χ0n) is 24.9. The van der Waals surface area contributed by atoms with E-state index in [1.54, 1.807) is 0 Å². The molecule has 0 saturated heterocycles. The summed E-state index contributed by atoms with van der Waals surface area (Å²) in [6, 6.07) is 36.4. The molecule has 3 heterocycles. The van der Waals surface area contributed by atoms with Crippen molar-refractivity contribution in [1.29, 1.82) is 0 Å². The van der Waals surface area contributed by atoms with Crippen LogP contribution in [0.3, 0.4) is 0 Å². The fourth-order valence-electron chi connectivity index (χ4n) is 7.17. The van der Waals surface area contributed by atoms with Gasteiger partial charge in [0.2, 0.25) is 0 Å². The molecule has 8 aromatic rings. The van der Waals surface area contributed by atoms with Crippen LogP contribution in [0.1, 0.15) is 37.9 Å². The predicted molar refractivity (Wildman–Crippen MR) is 188 cm³/mol. The van der Waals surface area contributed by atoms with E-state index in [0.29, 0.717) is 11.4 Å². The molecule has 3 aromatic heterocycles. The van der Waals surface area contributed by atoms with Crippen molar-refractivity contribution >= 4 is 66.5 Å². The van der Waals surface area contributed by atoms with Crippen LogP contribution in [0.15, 0.2) is 130 Å². The zero-order chi connectivity index (χ0) is 29.9. The van der Waals surface area contributed by atoms with Crippen LogP contribution in [0.2, 0.25) is 0 Å². The van der Waals surface area contributed by atoms with E-state index in [1.165, 1.54) is 59.5 Å². The third-order valence-corrected chi connectivity index (χ3v) is 9.45. The average Bonchev–Trinajstić information content (AvgIpc) is 3.73. The first-order valence-corrected chi connectivity index (χ1v) is 15.8. The van der Waals surface area contributed by atoms with E-state index in [0.717, 1.165) is 49.7 Å². The van der Waals surface area contributed by atoms with Crippen LogP contribution in [-0.2, 0) is 0 Å². The van der Waals surface area contributed by atoms with Gasteiger partial charge in [0.1, 0.15) is 16.7 Å². The lowest BCUT2D eigenvalue weighted by atomic mass is 9.95. The average molecular weight is 585 g/mol. The van der Waals surface area contributed by atoms with E-state index in [4.69, 9.17) is 14.6 Å². The lowest BCUT2D eigenvalue weighted by molar-refractivity contribution is 0.599. The Hall–Kier alpha value is -5.48. The van der Waals surface area contributed by atoms with Gasteiger partial charge >= 0.3 is 0 Å². The second kappa shape index (κ2) is 10.3. The van der Waals surface area contributed by atoms with Crippen LogP contribution in [0, 0.1) is 0 Å². The van der Waals surface area contributed by atoms with Gasteiger partial charge in [-0.15, -0.1) is 0 Å². The van der Waals surface area contributed by atoms with Gasteiger partial charge in [0.05, 0.1) is 16.7 Å². The monoisotopic (exact) mass is 584 g/mol. The number of nitrogens with two attached hydrogens (primary N) is 1. The Balaban J connectivity index is 1.12. The Morgan fingerprint density at radius 1 is 0.578 bits per heavy atom. The number of benzene rings is 5. The van der Waals surface area contributed by atoms with Crippen LogP contribution < -0.4 is 5.73 Å². The molecule has 0 radical (unpaired) electrons. The molecule has 0 atom stereocenters. The third-order valence-electron chi connectivity index (χ3n) is 9.45. The van der Waals surface area contributed by atoms with Gasteiger partial charge < -0.3 is 19.1 Å². The summed E-state index contributed by atoms with van der Waals surface area (Å²) in [4.78, 5) is 0. The lowest BCUT2D eigenvalue weighted by Crippen LogP contribution is -1.93. The number of rotatable bonds is 4. The Morgan fingerprint density at radius 3 is 1.89 bits per heavy atom. The number of aromatic nitrogens is 1. The Kier molecular flexibility index (Phi) is 5.95. The number of hydrogen-bond acceptors (Lipinski definition) is 3. The number of furan rings is 2. The minimum atomic E-state index is 0.677. The van der Waals surface area contributed by atoms with Crippen LogP contribution in [0.25, 0.3) is 77.6 Å². The summed E-state index contributed by atoms with van der Waals surface area (Å²) in [5.74, 6) is 0.712. The van der Waals surface area contributed by atoms with Gasteiger partial charge in [-0.2, -0.15) is 0 Å². The first-order chi connectivity index (χ1) is 22.2. The second-order valence-corrected chi connectivity index (χ2v) is 12.2. The van der Waals surface area contributed by atoms with Crippen molar-refractivity contribution in [3.8, 4) is 16.8 Å². The van der Waals surface area contributed by atoms with Crippen molar-refractivity contribution in [3.05, 3.63) is 127 Å². The molecule has 0 bridgehead atoms. The van der Waals surface area contributed by atoms with Gasteiger partial charge in [-0.3, -0.25) is 0 Å². The summed E-state index contributed by atoms with van der Waals surface area (Å²) >= 11 is 0. The predicted octanol–water partition coefficient (Wildman–Crippen LogP) is 11.6. The molecule has 5 aromatic carbocycles. The molecule has 1 aliphatic carbocycles. The highest BCUT2D eigenvalue weighted by molar-refractivity contribution is 6.11. The molecule has 0 amide bonds. The summed E-state index contributed by atoms with van der Waals surface area (Å²) < 4.78 is 14.8. The fourth-order valence-corrected chi connectivity index (χ4v) is 7.17. The largest absolute Gasteiger partial charge is 0.456 e. The maximum Gasteiger partial charge on any atom is 0.151 e. The van der Waals surface area contributed by atoms with Crippen LogP contribution >= 0.6 is 0 Å². The number of fused-ring (bicyclic) bond motifs is 7. The molecule has 4 nitrogen and oxygen atoms in total. The lowest BCUT2D eigenvalue weighted by Gasteiger charge is -2.12. The SMILES string of the molecule is Nc1c(/C=C\C=C2CCCCC2)oc2ccc(-c3ccc4oc5ccc(-n6c7ccccc7c7ccccc76)cc5c4c3)cc12. The maximum atomic E-state index is 6.61. The highest BCUT2D eigenvalue weighted by Crippen LogP contribution is 2.38.